The monoisotopic (exact) mass is 380 g/mol. The van der Waals surface area contributed by atoms with Gasteiger partial charge in [-0.2, -0.15) is 0 Å². The minimum atomic E-state index is -1.22. The number of imide groups is 1. The lowest BCUT2D eigenvalue weighted by atomic mass is 10.0. The molecule has 1 saturated heterocycles. The predicted octanol–water partition coefficient (Wildman–Crippen LogP) is 3.52. The summed E-state index contributed by atoms with van der Waals surface area (Å²) in [4.78, 5) is 40.6. The van der Waals surface area contributed by atoms with Gasteiger partial charge in [-0.05, 0) is 43.2 Å². The Kier molecular flexibility index (Phi) is 4.11. The Hall–Kier alpha value is -2.60. The van der Waals surface area contributed by atoms with Crippen LogP contribution in [0.1, 0.15) is 30.0 Å². The van der Waals surface area contributed by atoms with Gasteiger partial charge in [0, 0.05) is 17.7 Å². The number of nitrogens with zero attached hydrogens (tertiary/aromatic N) is 2. The smallest absolute Gasteiger partial charge is 0.275 e. The molecular weight excluding hydrogens is 360 g/mol. The van der Waals surface area contributed by atoms with Crippen LogP contribution in [0.3, 0.4) is 0 Å². The quantitative estimate of drug-likeness (QED) is 0.800. The van der Waals surface area contributed by atoms with Crippen LogP contribution in [-0.4, -0.2) is 23.5 Å². The van der Waals surface area contributed by atoms with Gasteiger partial charge < -0.3 is 0 Å². The number of hydrogen-bond acceptors (Lipinski definition) is 4. The Morgan fingerprint density at radius 3 is 2.44 bits per heavy atom. The SMILES string of the molecule is CCC(=O)N1C(=O)[C@]2(SCC(=O)N2c2cc(C)cc(C)c2)c2ccccc21. The molecule has 1 fully saturated rings. The highest BCUT2D eigenvalue weighted by molar-refractivity contribution is 8.02. The highest BCUT2D eigenvalue weighted by Crippen LogP contribution is 2.55. The lowest BCUT2D eigenvalue weighted by molar-refractivity contribution is -0.128. The third-order valence-electron chi connectivity index (χ3n) is 4.99. The van der Waals surface area contributed by atoms with Gasteiger partial charge in [-0.25, -0.2) is 4.90 Å². The standard InChI is InChI=1S/C21H20N2O3S/c1-4-18(24)22-17-8-6-5-7-16(17)21(20(22)26)23(19(25)12-27-21)15-10-13(2)9-14(3)11-15/h5-11H,4,12H2,1-3H3/t21-/m1/s1. The van der Waals surface area contributed by atoms with E-state index < -0.39 is 4.87 Å². The van der Waals surface area contributed by atoms with E-state index in [9.17, 15) is 14.4 Å². The van der Waals surface area contributed by atoms with E-state index in [1.165, 1.54) is 16.7 Å². The summed E-state index contributed by atoms with van der Waals surface area (Å²) < 4.78 is 0. The highest BCUT2D eigenvalue weighted by Gasteiger charge is 2.62. The zero-order valence-corrected chi connectivity index (χ0v) is 16.3. The van der Waals surface area contributed by atoms with Crippen LogP contribution in [0.2, 0.25) is 0 Å². The molecule has 4 rings (SSSR count). The Labute approximate surface area is 162 Å². The van der Waals surface area contributed by atoms with E-state index in [-0.39, 0.29) is 29.9 Å². The molecule has 27 heavy (non-hydrogen) atoms. The zero-order valence-electron chi connectivity index (χ0n) is 15.5. The Bertz CT molecular complexity index is 967. The summed E-state index contributed by atoms with van der Waals surface area (Å²) in [5, 5.41) is 0. The summed E-state index contributed by atoms with van der Waals surface area (Å²) in [5.74, 6) is -0.546. The van der Waals surface area contributed by atoms with Crippen LogP contribution in [0.5, 0.6) is 0 Å². The number of carbonyl (C=O) groups excluding carboxylic acids is 3. The summed E-state index contributed by atoms with van der Waals surface area (Å²) in [6.07, 6.45) is 0.221. The second kappa shape index (κ2) is 6.23. The maximum absolute atomic E-state index is 13.6. The second-order valence-electron chi connectivity index (χ2n) is 6.91. The van der Waals surface area contributed by atoms with Crippen LogP contribution in [0.4, 0.5) is 11.4 Å². The van der Waals surface area contributed by atoms with Crippen molar-refractivity contribution in [3.63, 3.8) is 0 Å². The van der Waals surface area contributed by atoms with E-state index in [2.05, 4.69) is 0 Å². The molecule has 0 aromatic heterocycles. The maximum Gasteiger partial charge on any atom is 0.275 e. The van der Waals surface area contributed by atoms with Crippen molar-refractivity contribution in [2.45, 2.75) is 32.1 Å². The fourth-order valence-electron chi connectivity index (χ4n) is 3.97. The predicted molar refractivity (Wildman–Crippen MR) is 107 cm³/mol. The molecule has 2 aromatic carbocycles. The summed E-state index contributed by atoms with van der Waals surface area (Å²) >= 11 is 1.29. The number of aryl methyl sites for hydroxylation is 2. The third kappa shape index (κ3) is 2.43. The van der Waals surface area contributed by atoms with Crippen molar-refractivity contribution in [3.8, 4) is 0 Å². The molecule has 0 radical (unpaired) electrons. The number of amides is 3. The molecule has 6 heteroatoms. The minimum absolute atomic E-state index is 0.126. The first-order valence-electron chi connectivity index (χ1n) is 8.92. The van der Waals surface area contributed by atoms with E-state index in [1.807, 2.05) is 50.2 Å². The molecule has 2 heterocycles. The van der Waals surface area contributed by atoms with Gasteiger partial charge >= 0.3 is 0 Å². The third-order valence-corrected chi connectivity index (χ3v) is 6.37. The Morgan fingerprint density at radius 1 is 1.11 bits per heavy atom. The average Bonchev–Trinajstić information content (AvgIpc) is 3.10. The Balaban J connectivity index is 1.96. The van der Waals surface area contributed by atoms with Crippen molar-refractivity contribution < 1.29 is 14.4 Å². The first-order valence-corrected chi connectivity index (χ1v) is 9.91. The molecule has 2 aliphatic heterocycles. The Morgan fingerprint density at radius 2 is 1.78 bits per heavy atom. The van der Waals surface area contributed by atoms with E-state index >= 15 is 0 Å². The molecule has 0 aliphatic carbocycles. The van der Waals surface area contributed by atoms with Crippen LogP contribution in [0.25, 0.3) is 0 Å². The van der Waals surface area contributed by atoms with Gasteiger partial charge in [-0.1, -0.05) is 31.2 Å². The molecular formula is C21H20N2O3S. The highest BCUT2D eigenvalue weighted by atomic mass is 32.2. The van der Waals surface area contributed by atoms with E-state index in [4.69, 9.17) is 0 Å². The van der Waals surface area contributed by atoms with Crippen LogP contribution >= 0.6 is 11.8 Å². The first-order chi connectivity index (χ1) is 12.9. The molecule has 5 nitrogen and oxygen atoms in total. The van der Waals surface area contributed by atoms with Crippen LogP contribution in [0.15, 0.2) is 42.5 Å². The fourth-order valence-corrected chi connectivity index (χ4v) is 5.31. The summed E-state index contributed by atoms with van der Waals surface area (Å²) in [5.41, 5.74) is 4.00. The summed E-state index contributed by atoms with van der Waals surface area (Å²) in [6, 6.07) is 13.1. The average molecular weight is 380 g/mol. The fraction of sp³-hybridized carbons (Fsp3) is 0.286. The number of para-hydroxylation sites is 1. The van der Waals surface area contributed by atoms with Gasteiger partial charge in [0.05, 0.1) is 11.4 Å². The van der Waals surface area contributed by atoms with Gasteiger partial charge in [0.15, 0.2) is 0 Å². The molecule has 2 aromatic rings. The number of fused-ring (bicyclic) bond motifs is 2. The molecule has 138 valence electrons. The van der Waals surface area contributed by atoms with Gasteiger partial charge in [-0.15, -0.1) is 11.8 Å². The largest absolute Gasteiger partial charge is 0.283 e. The topological polar surface area (TPSA) is 57.7 Å². The first kappa shape index (κ1) is 17.8. The molecule has 3 amide bonds. The lowest BCUT2D eigenvalue weighted by Gasteiger charge is -2.33. The second-order valence-corrected chi connectivity index (χ2v) is 8.08. The van der Waals surface area contributed by atoms with Crippen molar-refractivity contribution in [2.24, 2.45) is 0 Å². The van der Waals surface area contributed by atoms with Crippen LogP contribution in [0, 0.1) is 13.8 Å². The number of rotatable bonds is 2. The summed E-state index contributed by atoms with van der Waals surface area (Å²) in [7, 11) is 0. The van der Waals surface area contributed by atoms with Crippen molar-refractivity contribution in [3.05, 3.63) is 59.2 Å². The molecule has 2 aliphatic rings. The van der Waals surface area contributed by atoms with E-state index in [0.29, 0.717) is 16.9 Å². The van der Waals surface area contributed by atoms with Crippen LogP contribution in [-0.2, 0) is 19.3 Å². The molecule has 0 unspecified atom stereocenters. The number of thioether (sulfide) groups is 1. The number of carbonyl (C=O) groups is 3. The van der Waals surface area contributed by atoms with Gasteiger partial charge in [0.25, 0.3) is 5.91 Å². The van der Waals surface area contributed by atoms with E-state index in [0.717, 1.165) is 11.1 Å². The molecule has 1 spiro atoms. The molecule has 0 N–H and O–H groups in total. The molecule has 0 bridgehead atoms. The molecule has 0 saturated carbocycles. The maximum atomic E-state index is 13.6. The lowest BCUT2D eigenvalue weighted by Crippen LogP contribution is -2.51. The molecule has 1 atom stereocenters. The zero-order chi connectivity index (χ0) is 19.3. The van der Waals surface area contributed by atoms with Gasteiger partial charge in [0.2, 0.25) is 16.7 Å². The van der Waals surface area contributed by atoms with Gasteiger partial charge in [0.1, 0.15) is 0 Å². The summed E-state index contributed by atoms with van der Waals surface area (Å²) in [6.45, 7) is 5.67. The van der Waals surface area contributed by atoms with Crippen molar-refractivity contribution in [1.82, 2.24) is 0 Å². The van der Waals surface area contributed by atoms with Crippen LogP contribution < -0.4 is 9.80 Å². The number of anilines is 2. The normalized spacial score (nSPS) is 21.3. The van der Waals surface area contributed by atoms with Crippen molar-refractivity contribution in [1.29, 1.82) is 0 Å². The van der Waals surface area contributed by atoms with Gasteiger partial charge in [-0.3, -0.25) is 19.3 Å². The number of benzene rings is 2. The minimum Gasteiger partial charge on any atom is -0.283 e. The van der Waals surface area contributed by atoms with Crippen molar-refractivity contribution >= 4 is 40.9 Å². The number of hydrogen-bond donors (Lipinski definition) is 0. The van der Waals surface area contributed by atoms with E-state index in [1.54, 1.807) is 17.9 Å². The van der Waals surface area contributed by atoms with Crippen molar-refractivity contribution in [2.75, 3.05) is 15.6 Å².